The van der Waals surface area contributed by atoms with E-state index in [0.29, 0.717) is 18.6 Å². The molecule has 6 nitrogen and oxygen atoms in total. The van der Waals surface area contributed by atoms with Crippen molar-refractivity contribution < 1.29 is 9.53 Å². The van der Waals surface area contributed by atoms with Gasteiger partial charge in [0.05, 0.1) is 24.7 Å². The summed E-state index contributed by atoms with van der Waals surface area (Å²) < 4.78 is 5.87. The first-order chi connectivity index (χ1) is 13.7. The molecule has 0 atom stereocenters. The van der Waals surface area contributed by atoms with Crippen LogP contribution in [0.15, 0.2) is 42.5 Å². The predicted molar refractivity (Wildman–Crippen MR) is 109 cm³/mol. The molecule has 6 heteroatoms. The molecule has 0 aliphatic carbocycles. The lowest BCUT2D eigenvalue weighted by atomic mass is 10.1. The van der Waals surface area contributed by atoms with Crippen LogP contribution in [0, 0.1) is 11.3 Å². The number of nitrogens with zero attached hydrogens (tertiary/aromatic N) is 3. The molecule has 0 radical (unpaired) electrons. The molecule has 0 bridgehead atoms. The van der Waals surface area contributed by atoms with Crippen molar-refractivity contribution >= 4 is 17.3 Å². The van der Waals surface area contributed by atoms with Crippen LogP contribution in [0.4, 0.5) is 11.4 Å². The highest BCUT2D eigenvalue weighted by atomic mass is 16.5. The number of carbonyl (C=O) groups is 1. The smallest absolute Gasteiger partial charge is 0.228 e. The number of fused-ring (bicyclic) bond motifs is 1. The van der Waals surface area contributed by atoms with E-state index >= 15 is 0 Å². The summed E-state index contributed by atoms with van der Waals surface area (Å²) in [5, 5.41) is 11.7. The van der Waals surface area contributed by atoms with Gasteiger partial charge in [-0.25, -0.2) is 0 Å². The zero-order chi connectivity index (χ0) is 19.3. The van der Waals surface area contributed by atoms with E-state index in [9.17, 15) is 4.79 Å². The van der Waals surface area contributed by atoms with Gasteiger partial charge in [0.25, 0.3) is 0 Å². The second kappa shape index (κ2) is 8.32. The van der Waals surface area contributed by atoms with Crippen LogP contribution in [0.5, 0.6) is 5.75 Å². The maximum absolute atomic E-state index is 11.4. The maximum atomic E-state index is 11.4. The van der Waals surface area contributed by atoms with Crippen LogP contribution < -0.4 is 15.0 Å². The highest BCUT2D eigenvalue weighted by Gasteiger charge is 2.18. The molecular weight excluding hydrogens is 352 g/mol. The maximum Gasteiger partial charge on any atom is 0.228 e. The molecule has 0 saturated carbocycles. The number of anilines is 2. The van der Waals surface area contributed by atoms with Crippen LogP contribution in [-0.4, -0.2) is 50.1 Å². The van der Waals surface area contributed by atoms with Gasteiger partial charge in [-0.3, -0.25) is 9.69 Å². The SMILES string of the molecule is N#Cc1ccc(N2CCN(CCCOc3ccc4c(c3)CC(=O)N4)CC2)cc1. The molecule has 2 heterocycles. The Morgan fingerprint density at radius 3 is 2.61 bits per heavy atom. The molecule has 1 saturated heterocycles. The van der Waals surface area contributed by atoms with Crippen LogP contribution in [-0.2, 0) is 11.2 Å². The van der Waals surface area contributed by atoms with Crippen molar-refractivity contribution in [1.82, 2.24) is 4.90 Å². The van der Waals surface area contributed by atoms with Crippen LogP contribution in [0.3, 0.4) is 0 Å². The molecule has 2 aromatic rings. The van der Waals surface area contributed by atoms with E-state index < -0.39 is 0 Å². The zero-order valence-electron chi connectivity index (χ0n) is 15.9. The van der Waals surface area contributed by atoms with E-state index in [4.69, 9.17) is 10.00 Å². The van der Waals surface area contributed by atoms with Gasteiger partial charge in [-0.05, 0) is 54.4 Å². The Bertz CT molecular complexity index is 880. The lowest BCUT2D eigenvalue weighted by molar-refractivity contribution is -0.115. The summed E-state index contributed by atoms with van der Waals surface area (Å²) >= 11 is 0. The summed E-state index contributed by atoms with van der Waals surface area (Å²) in [5.74, 6) is 0.883. The molecule has 2 aliphatic heterocycles. The Balaban J connectivity index is 1.17. The Morgan fingerprint density at radius 2 is 1.86 bits per heavy atom. The summed E-state index contributed by atoms with van der Waals surface area (Å²) in [5.41, 5.74) is 3.80. The molecule has 0 aromatic heterocycles. The van der Waals surface area contributed by atoms with Crippen molar-refractivity contribution in [3.63, 3.8) is 0 Å². The van der Waals surface area contributed by atoms with E-state index in [2.05, 4.69) is 21.2 Å². The molecule has 2 aromatic carbocycles. The number of carbonyl (C=O) groups excluding carboxylic acids is 1. The second-order valence-electron chi connectivity index (χ2n) is 7.23. The number of amides is 1. The van der Waals surface area contributed by atoms with Gasteiger partial charge in [-0.15, -0.1) is 0 Å². The van der Waals surface area contributed by atoms with Gasteiger partial charge >= 0.3 is 0 Å². The standard InChI is InChI=1S/C22H24N4O2/c23-16-17-2-4-19(5-3-17)26-11-9-25(10-12-26)8-1-13-28-20-6-7-21-18(14-20)15-22(27)24-21/h2-7,14H,1,8-13,15H2,(H,24,27). The van der Waals surface area contributed by atoms with Gasteiger partial charge in [0.2, 0.25) is 5.91 Å². The first kappa shape index (κ1) is 18.3. The van der Waals surface area contributed by atoms with Crippen molar-refractivity contribution in [2.75, 3.05) is 49.5 Å². The molecule has 0 unspecified atom stereocenters. The number of hydrogen-bond acceptors (Lipinski definition) is 5. The van der Waals surface area contributed by atoms with Gasteiger partial charge in [0, 0.05) is 44.1 Å². The summed E-state index contributed by atoms with van der Waals surface area (Å²) in [6.07, 6.45) is 1.42. The number of hydrogen-bond donors (Lipinski definition) is 1. The Morgan fingerprint density at radius 1 is 1.07 bits per heavy atom. The monoisotopic (exact) mass is 376 g/mol. The van der Waals surface area contributed by atoms with Crippen LogP contribution >= 0.6 is 0 Å². The summed E-state index contributed by atoms with van der Waals surface area (Å²) in [6, 6.07) is 15.8. The van der Waals surface area contributed by atoms with Crippen molar-refractivity contribution in [1.29, 1.82) is 5.26 Å². The van der Waals surface area contributed by atoms with E-state index in [-0.39, 0.29) is 5.91 Å². The summed E-state index contributed by atoms with van der Waals surface area (Å²) in [6.45, 7) is 5.76. The van der Waals surface area contributed by atoms with Crippen molar-refractivity contribution in [3.05, 3.63) is 53.6 Å². The van der Waals surface area contributed by atoms with Gasteiger partial charge in [0.15, 0.2) is 0 Å². The molecule has 1 amide bonds. The third kappa shape index (κ3) is 4.26. The lowest BCUT2D eigenvalue weighted by Gasteiger charge is -2.36. The fourth-order valence-corrected chi connectivity index (χ4v) is 3.75. The van der Waals surface area contributed by atoms with Crippen LogP contribution in [0.2, 0.25) is 0 Å². The minimum absolute atomic E-state index is 0.0484. The van der Waals surface area contributed by atoms with Crippen molar-refractivity contribution in [2.45, 2.75) is 12.8 Å². The number of nitriles is 1. The van der Waals surface area contributed by atoms with Gasteiger partial charge in [-0.1, -0.05) is 0 Å². The van der Waals surface area contributed by atoms with Crippen molar-refractivity contribution in [3.8, 4) is 11.8 Å². The normalized spacial score (nSPS) is 16.4. The molecule has 2 aliphatic rings. The van der Waals surface area contributed by atoms with Crippen LogP contribution in [0.25, 0.3) is 0 Å². The average Bonchev–Trinajstić information content (AvgIpc) is 3.11. The van der Waals surface area contributed by atoms with Gasteiger partial charge in [-0.2, -0.15) is 5.26 Å². The van der Waals surface area contributed by atoms with Crippen molar-refractivity contribution in [2.24, 2.45) is 0 Å². The molecule has 144 valence electrons. The highest BCUT2D eigenvalue weighted by molar-refractivity contribution is 5.99. The molecule has 28 heavy (non-hydrogen) atoms. The number of nitrogens with one attached hydrogen (secondary N) is 1. The highest BCUT2D eigenvalue weighted by Crippen LogP contribution is 2.27. The number of ether oxygens (including phenoxy) is 1. The van der Waals surface area contributed by atoms with Gasteiger partial charge in [0.1, 0.15) is 5.75 Å². The molecular formula is C22H24N4O2. The fourth-order valence-electron chi connectivity index (χ4n) is 3.75. The Hall–Kier alpha value is -3.04. The van der Waals surface area contributed by atoms with Crippen LogP contribution in [0.1, 0.15) is 17.5 Å². The lowest BCUT2D eigenvalue weighted by Crippen LogP contribution is -2.46. The Labute approximate surface area is 165 Å². The fraction of sp³-hybridized carbons (Fsp3) is 0.364. The third-order valence-corrected chi connectivity index (χ3v) is 5.32. The second-order valence-corrected chi connectivity index (χ2v) is 7.23. The minimum Gasteiger partial charge on any atom is -0.494 e. The molecule has 4 rings (SSSR count). The van der Waals surface area contributed by atoms with E-state index in [1.54, 1.807) is 0 Å². The Kier molecular flexibility index (Phi) is 5.45. The average molecular weight is 376 g/mol. The topological polar surface area (TPSA) is 68.6 Å². The number of rotatable bonds is 6. The summed E-state index contributed by atoms with van der Waals surface area (Å²) in [7, 11) is 0. The molecule has 1 N–H and O–H groups in total. The van der Waals surface area contributed by atoms with E-state index in [0.717, 1.165) is 56.1 Å². The summed E-state index contributed by atoms with van der Waals surface area (Å²) in [4.78, 5) is 16.3. The first-order valence-electron chi connectivity index (χ1n) is 9.74. The molecule has 0 spiro atoms. The predicted octanol–water partition coefficient (Wildman–Crippen LogP) is 2.64. The number of piperazine rings is 1. The quantitative estimate of drug-likeness (QED) is 0.785. The van der Waals surface area contributed by atoms with E-state index in [1.807, 2.05) is 42.5 Å². The first-order valence-corrected chi connectivity index (χ1v) is 9.74. The minimum atomic E-state index is 0.0484. The zero-order valence-corrected chi connectivity index (χ0v) is 15.9. The largest absolute Gasteiger partial charge is 0.494 e. The third-order valence-electron chi connectivity index (χ3n) is 5.32. The number of benzene rings is 2. The molecule has 1 fully saturated rings. The van der Waals surface area contributed by atoms with E-state index in [1.165, 1.54) is 5.69 Å². The van der Waals surface area contributed by atoms with Gasteiger partial charge < -0.3 is 15.0 Å².